The molecule has 2 N–H and O–H groups in total. The molecule has 0 spiro atoms. The molecule has 0 bridgehead atoms. The first-order valence-corrected chi connectivity index (χ1v) is 8.41. The topological polar surface area (TPSA) is 94.2 Å². The molecule has 28 heavy (non-hydrogen) atoms. The molecule has 0 radical (unpaired) electrons. The van der Waals surface area contributed by atoms with Crippen LogP contribution >= 0.6 is 0 Å². The number of carbonyl (C=O) groups excluding carboxylic acids is 1. The highest BCUT2D eigenvalue weighted by atomic mass is 16.5. The van der Waals surface area contributed by atoms with Crippen LogP contribution < -0.4 is 24.4 Å². The summed E-state index contributed by atoms with van der Waals surface area (Å²) in [5.41, 5.74) is 4.29. The molecule has 2 aromatic carbocycles. The van der Waals surface area contributed by atoms with Crippen LogP contribution in [-0.2, 0) is 0 Å². The Morgan fingerprint density at radius 3 is 2.39 bits per heavy atom. The third-order valence-corrected chi connectivity index (χ3v) is 4.19. The molecule has 0 aliphatic carbocycles. The third kappa shape index (κ3) is 3.57. The van der Waals surface area contributed by atoms with Crippen LogP contribution in [0.15, 0.2) is 41.5 Å². The summed E-state index contributed by atoms with van der Waals surface area (Å²) in [4.78, 5) is 15.5. The van der Waals surface area contributed by atoms with E-state index in [-0.39, 0.29) is 5.91 Å². The maximum Gasteiger partial charge on any atom is 0.287 e. The van der Waals surface area contributed by atoms with Crippen LogP contribution in [0.4, 0.5) is 0 Å². The number of aromatic amines is 1. The second-order valence-electron chi connectivity index (χ2n) is 5.73. The first-order valence-electron chi connectivity index (χ1n) is 8.41. The summed E-state index contributed by atoms with van der Waals surface area (Å²) >= 11 is 0. The van der Waals surface area contributed by atoms with Gasteiger partial charge in [0.15, 0.2) is 11.5 Å². The van der Waals surface area contributed by atoms with Crippen LogP contribution in [-0.4, -0.2) is 45.5 Å². The Morgan fingerprint density at radius 1 is 0.964 bits per heavy atom. The SMILES string of the molecule is COc1ccc(/C=N\NC(=O)c2cc3c(OC)cccc3[nH]2)c(OC)c1OC. The number of fused-ring (bicyclic) bond motifs is 1. The van der Waals surface area contributed by atoms with Crippen molar-refractivity contribution in [2.45, 2.75) is 0 Å². The number of nitrogens with zero attached hydrogens (tertiary/aromatic N) is 1. The lowest BCUT2D eigenvalue weighted by atomic mass is 10.2. The molecule has 8 nitrogen and oxygen atoms in total. The number of benzene rings is 2. The summed E-state index contributed by atoms with van der Waals surface area (Å²) in [5.74, 6) is 1.74. The minimum absolute atomic E-state index is 0.371. The van der Waals surface area contributed by atoms with Crippen molar-refractivity contribution in [1.82, 2.24) is 10.4 Å². The number of methoxy groups -OCH3 is 4. The number of amides is 1. The standard InChI is InChI=1S/C20H21N3O5/c1-25-16-7-5-6-14-13(16)10-15(22-14)20(24)23-21-11-12-8-9-17(26-2)19(28-4)18(12)27-3/h5-11,22H,1-4H3,(H,23,24)/b21-11-. The molecule has 3 aromatic rings. The van der Waals surface area contributed by atoms with Crippen molar-refractivity contribution in [1.29, 1.82) is 0 Å². The van der Waals surface area contributed by atoms with Gasteiger partial charge in [-0.1, -0.05) is 6.07 Å². The van der Waals surface area contributed by atoms with E-state index in [0.29, 0.717) is 34.3 Å². The Labute approximate surface area is 162 Å². The van der Waals surface area contributed by atoms with Crippen molar-refractivity contribution in [3.8, 4) is 23.0 Å². The van der Waals surface area contributed by atoms with E-state index in [1.165, 1.54) is 20.4 Å². The number of nitrogens with one attached hydrogen (secondary N) is 2. The van der Waals surface area contributed by atoms with Crippen LogP contribution in [0, 0.1) is 0 Å². The number of hydrazone groups is 1. The van der Waals surface area contributed by atoms with Crippen LogP contribution in [0.3, 0.4) is 0 Å². The van der Waals surface area contributed by atoms with Crippen molar-refractivity contribution >= 4 is 23.0 Å². The minimum Gasteiger partial charge on any atom is -0.496 e. The van der Waals surface area contributed by atoms with Gasteiger partial charge in [-0.25, -0.2) is 5.43 Å². The molecule has 146 valence electrons. The number of ether oxygens (including phenoxy) is 4. The molecule has 0 unspecified atom stereocenters. The Bertz CT molecular complexity index is 1030. The van der Waals surface area contributed by atoms with Gasteiger partial charge in [-0.2, -0.15) is 5.10 Å². The molecule has 0 aliphatic heterocycles. The highest BCUT2D eigenvalue weighted by Crippen LogP contribution is 2.38. The zero-order chi connectivity index (χ0) is 20.1. The first-order chi connectivity index (χ1) is 13.6. The zero-order valence-corrected chi connectivity index (χ0v) is 16.0. The predicted molar refractivity (Wildman–Crippen MR) is 106 cm³/mol. The normalized spacial score (nSPS) is 10.9. The highest BCUT2D eigenvalue weighted by molar-refractivity contribution is 6.00. The number of hydrogen-bond donors (Lipinski definition) is 2. The van der Waals surface area contributed by atoms with Crippen LogP contribution in [0.1, 0.15) is 16.1 Å². The fourth-order valence-electron chi connectivity index (χ4n) is 2.87. The Hall–Kier alpha value is -3.68. The number of rotatable bonds is 7. The van der Waals surface area contributed by atoms with Gasteiger partial charge >= 0.3 is 0 Å². The van der Waals surface area contributed by atoms with Gasteiger partial charge in [0.1, 0.15) is 11.4 Å². The Kier molecular flexibility index (Phi) is 5.69. The van der Waals surface area contributed by atoms with E-state index in [1.54, 1.807) is 32.4 Å². The number of hydrogen-bond acceptors (Lipinski definition) is 6. The highest BCUT2D eigenvalue weighted by Gasteiger charge is 2.15. The molecule has 1 heterocycles. The fourth-order valence-corrected chi connectivity index (χ4v) is 2.87. The average molecular weight is 383 g/mol. The van der Waals surface area contributed by atoms with E-state index >= 15 is 0 Å². The molecular weight excluding hydrogens is 362 g/mol. The zero-order valence-electron chi connectivity index (χ0n) is 16.0. The van der Waals surface area contributed by atoms with E-state index in [9.17, 15) is 4.79 Å². The summed E-state index contributed by atoms with van der Waals surface area (Å²) in [6.45, 7) is 0. The quantitative estimate of drug-likeness (QED) is 0.483. The van der Waals surface area contributed by atoms with Crippen molar-refractivity contribution in [3.63, 3.8) is 0 Å². The first kappa shape index (κ1) is 19.1. The molecule has 0 aliphatic rings. The summed E-state index contributed by atoms with van der Waals surface area (Å²) in [6, 6.07) is 10.8. The monoisotopic (exact) mass is 383 g/mol. The molecule has 0 atom stereocenters. The lowest BCUT2D eigenvalue weighted by molar-refractivity contribution is 0.0951. The molecule has 1 aromatic heterocycles. The maximum atomic E-state index is 12.4. The molecule has 0 fully saturated rings. The van der Waals surface area contributed by atoms with Gasteiger partial charge in [-0.05, 0) is 30.3 Å². The summed E-state index contributed by atoms with van der Waals surface area (Å²) in [6.07, 6.45) is 1.47. The minimum atomic E-state index is -0.381. The molecule has 1 amide bonds. The van der Waals surface area contributed by atoms with Crippen molar-refractivity contribution in [2.75, 3.05) is 28.4 Å². The van der Waals surface area contributed by atoms with Crippen LogP contribution in [0.25, 0.3) is 10.9 Å². The van der Waals surface area contributed by atoms with Crippen molar-refractivity contribution in [2.24, 2.45) is 5.10 Å². The second-order valence-corrected chi connectivity index (χ2v) is 5.73. The van der Waals surface area contributed by atoms with E-state index < -0.39 is 0 Å². The summed E-state index contributed by atoms with van der Waals surface area (Å²) < 4.78 is 21.3. The van der Waals surface area contributed by atoms with E-state index in [2.05, 4.69) is 15.5 Å². The summed E-state index contributed by atoms with van der Waals surface area (Å²) in [7, 11) is 6.17. The van der Waals surface area contributed by atoms with E-state index in [1.807, 2.05) is 18.2 Å². The van der Waals surface area contributed by atoms with Gasteiger partial charge < -0.3 is 23.9 Å². The van der Waals surface area contributed by atoms with Gasteiger partial charge in [-0.15, -0.1) is 0 Å². The number of aromatic nitrogens is 1. The average Bonchev–Trinajstić information content (AvgIpc) is 3.17. The molecule has 0 saturated carbocycles. The molecule has 0 saturated heterocycles. The molecular formula is C20H21N3O5. The number of H-pyrrole nitrogens is 1. The fraction of sp³-hybridized carbons (Fsp3) is 0.200. The molecule has 8 heteroatoms. The summed E-state index contributed by atoms with van der Waals surface area (Å²) in [5, 5.41) is 4.84. The number of carbonyl (C=O) groups is 1. The Balaban J connectivity index is 1.80. The van der Waals surface area contributed by atoms with Gasteiger partial charge in [-0.3, -0.25) is 4.79 Å². The third-order valence-electron chi connectivity index (χ3n) is 4.19. The van der Waals surface area contributed by atoms with E-state index in [4.69, 9.17) is 18.9 Å². The Morgan fingerprint density at radius 2 is 1.71 bits per heavy atom. The maximum absolute atomic E-state index is 12.4. The van der Waals surface area contributed by atoms with Crippen LogP contribution in [0.5, 0.6) is 23.0 Å². The smallest absolute Gasteiger partial charge is 0.287 e. The largest absolute Gasteiger partial charge is 0.496 e. The lowest BCUT2D eigenvalue weighted by Crippen LogP contribution is -2.18. The lowest BCUT2D eigenvalue weighted by Gasteiger charge is -2.13. The van der Waals surface area contributed by atoms with Crippen molar-refractivity contribution < 1.29 is 23.7 Å². The van der Waals surface area contributed by atoms with Gasteiger partial charge in [0, 0.05) is 16.5 Å². The van der Waals surface area contributed by atoms with Crippen LogP contribution in [0.2, 0.25) is 0 Å². The van der Waals surface area contributed by atoms with E-state index in [0.717, 1.165) is 10.9 Å². The van der Waals surface area contributed by atoms with Gasteiger partial charge in [0.05, 0.1) is 34.7 Å². The predicted octanol–water partition coefficient (Wildman–Crippen LogP) is 2.97. The van der Waals surface area contributed by atoms with Gasteiger partial charge in [0.25, 0.3) is 5.91 Å². The molecule has 3 rings (SSSR count). The van der Waals surface area contributed by atoms with Crippen molar-refractivity contribution in [3.05, 3.63) is 47.7 Å². The van der Waals surface area contributed by atoms with Gasteiger partial charge in [0.2, 0.25) is 5.75 Å². The second kappa shape index (κ2) is 8.34.